The number of rotatable bonds is 10. The second-order valence-electron chi connectivity index (χ2n) is 8.55. The molecule has 0 saturated carbocycles. The molecule has 0 bridgehead atoms. The Morgan fingerprint density at radius 3 is 2.15 bits per heavy atom. The normalized spacial score (nSPS) is 12.4. The lowest BCUT2D eigenvalue weighted by molar-refractivity contribution is -0.137. The second-order valence-corrected chi connectivity index (χ2v) is 8.55. The molecule has 0 aromatic heterocycles. The number of hydrogen-bond donors (Lipinski definition) is 3. The SMILES string of the molecule is COc1ccc(CNC(=O)C(Cc2ccccc2)N=C(N)NC(=O)Cc2ccc(C(F)(F)F)cc2)cc1OC. The Morgan fingerprint density at radius 2 is 1.54 bits per heavy atom. The molecule has 0 heterocycles. The van der Waals surface area contributed by atoms with Crippen molar-refractivity contribution in [3.63, 3.8) is 0 Å². The van der Waals surface area contributed by atoms with Crippen molar-refractivity contribution in [2.24, 2.45) is 10.7 Å². The number of ether oxygens (including phenoxy) is 2. The van der Waals surface area contributed by atoms with Gasteiger partial charge in [-0.15, -0.1) is 0 Å². The number of amides is 2. The quantitative estimate of drug-likeness (QED) is 0.267. The molecular formula is C28H29F3N4O4. The fraction of sp³-hybridized carbons (Fsp3) is 0.250. The molecule has 0 radical (unpaired) electrons. The molecule has 0 aliphatic heterocycles. The average molecular weight is 543 g/mol. The van der Waals surface area contributed by atoms with Crippen LogP contribution in [-0.4, -0.2) is 38.0 Å². The molecular weight excluding hydrogens is 513 g/mol. The van der Waals surface area contributed by atoms with Crippen molar-refractivity contribution >= 4 is 17.8 Å². The molecule has 0 spiro atoms. The van der Waals surface area contributed by atoms with Crippen LogP contribution in [0.25, 0.3) is 0 Å². The number of nitrogens with two attached hydrogens (primary N) is 1. The van der Waals surface area contributed by atoms with Crippen LogP contribution in [-0.2, 0) is 35.2 Å². The van der Waals surface area contributed by atoms with E-state index in [0.717, 1.165) is 23.3 Å². The van der Waals surface area contributed by atoms with Crippen molar-refractivity contribution < 1.29 is 32.2 Å². The lowest BCUT2D eigenvalue weighted by atomic mass is 10.1. The second kappa shape index (κ2) is 13.3. The van der Waals surface area contributed by atoms with Crippen LogP contribution in [0.3, 0.4) is 0 Å². The van der Waals surface area contributed by atoms with Gasteiger partial charge in [-0.05, 0) is 41.0 Å². The van der Waals surface area contributed by atoms with Crippen molar-refractivity contribution in [2.45, 2.75) is 31.6 Å². The molecule has 2 amide bonds. The van der Waals surface area contributed by atoms with Gasteiger partial charge in [-0.3, -0.25) is 14.9 Å². The number of nitrogens with one attached hydrogen (secondary N) is 2. The third kappa shape index (κ3) is 8.77. The molecule has 1 atom stereocenters. The minimum Gasteiger partial charge on any atom is -0.493 e. The summed E-state index contributed by atoms with van der Waals surface area (Å²) in [5.41, 5.74) is 7.09. The number of nitrogens with zero attached hydrogens (tertiary/aromatic N) is 1. The fourth-order valence-electron chi connectivity index (χ4n) is 3.72. The van der Waals surface area contributed by atoms with Gasteiger partial charge in [0.2, 0.25) is 11.8 Å². The van der Waals surface area contributed by atoms with Gasteiger partial charge in [-0.2, -0.15) is 13.2 Å². The zero-order valence-corrected chi connectivity index (χ0v) is 21.4. The van der Waals surface area contributed by atoms with E-state index in [9.17, 15) is 22.8 Å². The molecule has 3 rings (SSSR count). The molecule has 0 fully saturated rings. The van der Waals surface area contributed by atoms with Crippen molar-refractivity contribution in [3.05, 3.63) is 95.1 Å². The molecule has 0 aliphatic rings. The largest absolute Gasteiger partial charge is 0.493 e. The number of guanidine groups is 1. The van der Waals surface area contributed by atoms with E-state index in [0.29, 0.717) is 17.1 Å². The third-order valence-electron chi connectivity index (χ3n) is 5.70. The summed E-state index contributed by atoms with van der Waals surface area (Å²) in [5.74, 6) is -0.218. The summed E-state index contributed by atoms with van der Waals surface area (Å²) < 4.78 is 48.8. The van der Waals surface area contributed by atoms with E-state index < -0.39 is 29.6 Å². The summed E-state index contributed by atoms with van der Waals surface area (Å²) in [6.45, 7) is 0.181. The summed E-state index contributed by atoms with van der Waals surface area (Å²) >= 11 is 0. The van der Waals surface area contributed by atoms with E-state index in [1.54, 1.807) is 18.2 Å². The van der Waals surface area contributed by atoms with Crippen LogP contribution in [0.2, 0.25) is 0 Å². The first-order chi connectivity index (χ1) is 18.6. The Morgan fingerprint density at radius 1 is 0.897 bits per heavy atom. The summed E-state index contributed by atoms with van der Waals surface area (Å²) in [5, 5.41) is 5.22. The zero-order valence-electron chi connectivity index (χ0n) is 21.4. The minimum atomic E-state index is -4.47. The molecule has 0 aliphatic carbocycles. The van der Waals surface area contributed by atoms with Crippen LogP contribution in [0.15, 0.2) is 77.8 Å². The molecule has 39 heavy (non-hydrogen) atoms. The summed E-state index contributed by atoms with van der Waals surface area (Å²) in [7, 11) is 3.04. The lowest BCUT2D eigenvalue weighted by Gasteiger charge is -2.15. The first-order valence-corrected chi connectivity index (χ1v) is 11.9. The lowest BCUT2D eigenvalue weighted by Crippen LogP contribution is -2.42. The van der Waals surface area contributed by atoms with Gasteiger partial charge in [-0.25, -0.2) is 4.99 Å². The van der Waals surface area contributed by atoms with E-state index in [1.807, 2.05) is 30.3 Å². The number of methoxy groups -OCH3 is 2. The maximum atomic E-state index is 13.1. The van der Waals surface area contributed by atoms with Gasteiger partial charge >= 0.3 is 6.18 Å². The number of aliphatic imine (C=N–C) groups is 1. The zero-order chi connectivity index (χ0) is 28.4. The van der Waals surface area contributed by atoms with Gasteiger partial charge in [0.15, 0.2) is 17.5 Å². The molecule has 206 valence electrons. The van der Waals surface area contributed by atoms with Gasteiger partial charge < -0.3 is 20.5 Å². The van der Waals surface area contributed by atoms with E-state index in [-0.39, 0.29) is 25.3 Å². The van der Waals surface area contributed by atoms with Gasteiger partial charge in [-0.1, -0.05) is 48.5 Å². The Labute approximate surface area is 224 Å². The van der Waals surface area contributed by atoms with Crippen molar-refractivity contribution in [1.82, 2.24) is 10.6 Å². The number of alkyl halides is 3. The topological polar surface area (TPSA) is 115 Å². The van der Waals surface area contributed by atoms with Gasteiger partial charge in [0.1, 0.15) is 6.04 Å². The Kier molecular flexibility index (Phi) is 9.91. The van der Waals surface area contributed by atoms with E-state index in [1.165, 1.54) is 26.4 Å². The first kappa shape index (κ1) is 29.0. The number of halogens is 3. The number of carbonyl (C=O) groups is 2. The van der Waals surface area contributed by atoms with Crippen LogP contribution in [0.5, 0.6) is 11.5 Å². The molecule has 3 aromatic carbocycles. The molecule has 11 heteroatoms. The summed E-state index contributed by atoms with van der Waals surface area (Å²) in [6.07, 6.45) is -4.47. The maximum absolute atomic E-state index is 13.1. The minimum absolute atomic E-state index is 0.181. The van der Waals surface area contributed by atoms with Gasteiger partial charge in [0.25, 0.3) is 0 Å². The first-order valence-electron chi connectivity index (χ1n) is 11.9. The third-order valence-corrected chi connectivity index (χ3v) is 5.70. The smallest absolute Gasteiger partial charge is 0.416 e. The van der Waals surface area contributed by atoms with Crippen LogP contribution in [0.1, 0.15) is 22.3 Å². The Balaban J connectivity index is 1.68. The summed E-state index contributed by atoms with van der Waals surface area (Å²) in [6, 6.07) is 17.7. The predicted molar refractivity (Wildman–Crippen MR) is 140 cm³/mol. The maximum Gasteiger partial charge on any atom is 0.416 e. The van der Waals surface area contributed by atoms with E-state index in [2.05, 4.69) is 15.6 Å². The standard InChI is InChI=1S/C28H29F3N4O4/c1-38-23-13-10-20(15-24(23)39-2)17-33-26(37)22(14-18-6-4-3-5-7-18)34-27(32)35-25(36)16-19-8-11-21(12-9-19)28(29,30)31/h3-13,15,22H,14,16-17H2,1-2H3,(H,33,37)(H3,32,34,35,36). The van der Waals surface area contributed by atoms with Crippen LogP contribution >= 0.6 is 0 Å². The molecule has 1 unspecified atom stereocenters. The number of hydrogen-bond acceptors (Lipinski definition) is 5. The van der Waals surface area contributed by atoms with Gasteiger partial charge in [0.05, 0.1) is 26.2 Å². The Bertz CT molecular complexity index is 1300. The predicted octanol–water partition coefficient (Wildman–Crippen LogP) is 3.62. The monoisotopic (exact) mass is 542 g/mol. The Hall–Kier alpha value is -4.54. The average Bonchev–Trinajstić information content (AvgIpc) is 2.91. The number of carbonyl (C=O) groups excluding carboxylic acids is 2. The van der Waals surface area contributed by atoms with Crippen molar-refractivity contribution in [2.75, 3.05) is 14.2 Å². The fourth-order valence-corrected chi connectivity index (χ4v) is 3.72. The van der Waals surface area contributed by atoms with Crippen LogP contribution < -0.4 is 25.8 Å². The van der Waals surface area contributed by atoms with Crippen molar-refractivity contribution in [1.29, 1.82) is 0 Å². The highest BCUT2D eigenvalue weighted by Gasteiger charge is 2.30. The highest BCUT2D eigenvalue weighted by atomic mass is 19.4. The van der Waals surface area contributed by atoms with Crippen LogP contribution in [0, 0.1) is 0 Å². The van der Waals surface area contributed by atoms with Crippen molar-refractivity contribution in [3.8, 4) is 11.5 Å². The highest BCUT2D eigenvalue weighted by Crippen LogP contribution is 2.29. The molecule has 3 aromatic rings. The molecule has 4 N–H and O–H groups in total. The highest BCUT2D eigenvalue weighted by molar-refractivity contribution is 5.98. The van der Waals surface area contributed by atoms with Crippen LogP contribution in [0.4, 0.5) is 13.2 Å². The number of benzene rings is 3. The molecule has 0 saturated heterocycles. The van der Waals surface area contributed by atoms with Gasteiger partial charge in [0, 0.05) is 13.0 Å². The van der Waals surface area contributed by atoms with E-state index in [4.69, 9.17) is 15.2 Å². The molecule has 8 nitrogen and oxygen atoms in total. The van der Waals surface area contributed by atoms with E-state index >= 15 is 0 Å². The summed E-state index contributed by atoms with van der Waals surface area (Å²) in [4.78, 5) is 29.7.